The fraction of sp³-hybridized carbons (Fsp3) is 0.538. The lowest BCUT2D eigenvalue weighted by atomic mass is 9.82. The molecule has 1 aliphatic carbocycles. The van der Waals surface area contributed by atoms with Gasteiger partial charge >= 0.3 is 6.18 Å². The van der Waals surface area contributed by atoms with Crippen molar-refractivity contribution in [1.82, 2.24) is 25.8 Å². The number of thiazole rings is 1. The molecule has 2 fully saturated rings. The molecule has 0 spiro atoms. The van der Waals surface area contributed by atoms with Crippen molar-refractivity contribution in [3.8, 4) is 0 Å². The molecule has 9 nitrogen and oxygen atoms in total. The Kier molecular flexibility index (Phi) is 8.92. The molecular formula is C26H32F3N5O4S. The molecule has 39 heavy (non-hydrogen) atoms. The second kappa shape index (κ2) is 12.0. The van der Waals surface area contributed by atoms with Crippen molar-refractivity contribution in [3.05, 3.63) is 51.5 Å². The average Bonchev–Trinajstić information content (AvgIpc) is 3.59. The van der Waals surface area contributed by atoms with Crippen LogP contribution in [0.5, 0.6) is 0 Å². The van der Waals surface area contributed by atoms with Crippen LogP contribution in [0.4, 0.5) is 13.2 Å². The first kappa shape index (κ1) is 29.0. The fourth-order valence-corrected chi connectivity index (χ4v) is 5.96. The minimum Gasteiger partial charge on any atom is -0.383 e. The predicted octanol–water partition coefficient (Wildman–Crippen LogP) is 2.66. The summed E-state index contributed by atoms with van der Waals surface area (Å²) in [6.07, 6.45) is 0.107. The predicted molar refractivity (Wildman–Crippen MR) is 138 cm³/mol. The molecule has 3 amide bonds. The minimum absolute atomic E-state index is 0.0634. The summed E-state index contributed by atoms with van der Waals surface area (Å²) in [4.78, 5) is 43.3. The van der Waals surface area contributed by atoms with Gasteiger partial charge in [-0.1, -0.05) is 6.07 Å². The van der Waals surface area contributed by atoms with Crippen LogP contribution >= 0.6 is 11.3 Å². The lowest BCUT2D eigenvalue weighted by molar-refractivity contribution is -0.137. The Morgan fingerprint density at radius 3 is 2.56 bits per heavy atom. The first-order chi connectivity index (χ1) is 18.5. The number of aliphatic hydroxyl groups is 1. The summed E-state index contributed by atoms with van der Waals surface area (Å²) in [6, 6.07) is 4.30. The first-order valence-corrected chi connectivity index (χ1v) is 13.8. The van der Waals surface area contributed by atoms with Gasteiger partial charge in [0.15, 0.2) is 0 Å². The summed E-state index contributed by atoms with van der Waals surface area (Å²) in [7, 11) is 0. The van der Waals surface area contributed by atoms with Gasteiger partial charge < -0.3 is 26.0 Å². The largest absolute Gasteiger partial charge is 0.416 e. The standard InChI is InChI=1S/C26H32F3N5O4S/c1-2-30-23(37)20-13-32-24(39-20)25(38)9-6-18(7-10-25)33-19-8-11-34(15-19)21(35)14-31-22(36)16-4-3-5-17(12-16)26(27,28)29/h3-5,12-13,18-19,33,38H,2,6-11,14-15H2,1H3,(H,30,37)(H,31,36)/t18?,19-,25?/m0/s1. The van der Waals surface area contributed by atoms with E-state index in [1.807, 2.05) is 6.92 Å². The Bertz CT molecular complexity index is 1200. The number of amides is 3. The third kappa shape index (κ3) is 7.14. The van der Waals surface area contributed by atoms with E-state index in [0.29, 0.717) is 55.2 Å². The molecule has 1 saturated heterocycles. The van der Waals surface area contributed by atoms with Crippen LogP contribution in [0.1, 0.15) is 69.6 Å². The second-order valence-corrected chi connectivity index (χ2v) is 11.0. The Morgan fingerprint density at radius 1 is 1.13 bits per heavy atom. The van der Waals surface area contributed by atoms with Gasteiger partial charge in [-0.05, 0) is 57.2 Å². The maximum atomic E-state index is 12.9. The lowest BCUT2D eigenvalue weighted by Gasteiger charge is -2.36. The molecule has 1 aromatic heterocycles. The van der Waals surface area contributed by atoms with Crippen LogP contribution in [0.3, 0.4) is 0 Å². The van der Waals surface area contributed by atoms with Crippen LogP contribution in [0.2, 0.25) is 0 Å². The quantitative estimate of drug-likeness (QED) is 0.389. The van der Waals surface area contributed by atoms with Crippen LogP contribution in [-0.2, 0) is 16.6 Å². The SMILES string of the molecule is CCNC(=O)c1cnc(C2(O)CCC(N[C@H]3CCN(C(=O)CNC(=O)c4cccc(C(F)(F)F)c4)C3)CC2)s1. The zero-order valence-electron chi connectivity index (χ0n) is 21.5. The van der Waals surface area contributed by atoms with Gasteiger partial charge in [0.25, 0.3) is 11.8 Å². The van der Waals surface area contributed by atoms with E-state index in [0.717, 1.165) is 24.6 Å². The summed E-state index contributed by atoms with van der Waals surface area (Å²) in [6.45, 7) is 3.02. The molecule has 0 unspecified atom stereocenters. The van der Waals surface area contributed by atoms with Gasteiger partial charge in [-0.2, -0.15) is 13.2 Å². The molecule has 4 rings (SSSR count). The number of carbonyl (C=O) groups excluding carboxylic acids is 3. The number of hydrogen-bond acceptors (Lipinski definition) is 7. The van der Waals surface area contributed by atoms with Crippen LogP contribution in [-0.4, -0.2) is 71.0 Å². The average molecular weight is 568 g/mol. The van der Waals surface area contributed by atoms with Gasteiger partial charge in [-0.25, -0.2) is 4.98 Å². The summed E-state index contributed by atoms with van der Waals surface area (Å²) in [5.41, 5.74) is -2.15. The molecule has 1 aromatic carbocycles. The molecule has 212 valence electrons. The number of alkyl halides is 3. The molecule has 2 aromatic rings. The van der Waals surface area contributed by atoms with Gasteiger partial charge in [0.1, 0.15) is 15.5 Å². The summed E-state index contributed by atoms with van der Waals surface area (Å²) in [5, 5.41) is 20.4. The van der Waals surface area contributed by atoms with Crippen molar-refractivity contribution in [2.24, 2.45) is 0 Å². The minimum atomic E-state index is -4.56. The number of aromatic nitrogens is 1. The summed E-state index contributed by atoms with van der Waals surface area (Å²) >= 11 is 1.21. The zero-order chi connectivity index (χ0) is 28.2. The van der Waals surface area contributed by atoms with Gasteiger partial charge in [0, 0.05) is 37.3 Å². The number of hydrogen-bond donors (Lipinski definition) is 4. The van der Waals surface area contributed by atoms with E-state index in [1.165, 1.54) is 23.6 Å². The molecule has 1 aliphatic heterocycles. The van der Waals surface area contributed by atoms with E-state index >= 15 is 0 Å². The molecule has 1 saturated carbocycles. The number of carbonyl (C=O) groups is 3. The highest BCUT2D eigenvalue weighted by atomic mass is 32.1. The Hall–Kier alpha value is -3.03. The van der Waals surface area contributed by atoms with E-state index < -0.39 is 23.2 Å². The highest BCUT2D eigenvalue weighted by molar-refractivity contribution is 7.13. The molecule has 1 atom stereocenters. The van der Waals surface area contributed by atoms with Crippen molar-refractivity contribution in [3.63, 3.8) is 0 Å². The maximum Gasteiger partial charge on any atom is 0.416 e. The molecule has 0 radical (unpaired) electrons. The van der Waals surface area contributed by atoms with Crippen LogP contribution in [0, 0.1) is 0 Å². The Labute approximate surface area is 228 Å². The van der Waals surface area contributed by atoms with Gasteiger partial charge in [0.05, 0.1) is 18.3 Å². The highest BCUT2D eigenvalue weighted by Gasteiger charge is 2.39. The van der Waals surface area contributed by atoms with Crippen LogP contribution in [0.15, 0.2) is 30.5 Å². The molecule has 4 N–H and O–H groups in total. The van der Waals surface area contributed by atoms with Crippen molar-refractivity contribution in [2.75, 3.05) is 26.2 Å². The lowest BCUT2D eigenvalue weighted by Crippen LogP contribution is -2.46. The van der Waals surface area contributed by atoms with E-state index in [4.69, 9.17) is 0 Å². The van der Waals surface area contributed by atoms with Crippen molar-refractivity contribution in [1.29, 1.82) is 0 Å². The van der Waals surface area contributed by atoms with E-state index in [2.05, 4.69) is 20.9 Å². The maximum absolute atomic E-state index is 12.9. The Balaban J connectivity index is 1.21. The molecular weight excluding hydrogens is 535 g/mol. The normalized spacial score (nSPS) is 23.5. The van der Waals surface area contributed by atoms with E-state index in [9.17, 15) is 32.7 Å². The topological polar surface area (TPSA) is 124 Å². The van der Waals surface area contributed by atoms with Crippen molar-refractivity contribution >= 4 is 29.1 Å². The van der Waals surface area contributed by atoms with Gasteiger partial charge in [-0.3, -0.25) is 14.4 Å². The van der Waals surface area contributed by atoms with E-state index in [-0.39, 0.29) is 36.0 Å². The van der Waals surface area contributed by atoms with Crippen molar-refractivity contribution in [2.45, 2.75) is 62.9 Å². The number of likely N-dealkylation sites (tertiary alicyclic amines) is 1. The number of rotatable bonds is 8. The monoisotopic (exact) mass is 567 g/mol. The Morgan fingerprint density at radius 2 is 1.87 bits per heavy atom. The summed E-state index contributed by atoms with van der Waals surface area (Å²) < 4.78 is 38.7. The van der Waals surface area contributed by atoms with Crippen molar-refractivity contribution < 1.29 is 32.7 Å². The third-order valence-electron chi connectivity index (χ3n) is 7.14. The van der Waals surface area contributed by atoms with E-state index in [1.54, 1.807) is 4.90 Å². The molecule has 0 bridgehead atoms. The number of nitrogens with zero attached hydrogens (tertiary/aromatic N) is 2. The zero-order valence-corrected chi connectivity index (χ0v) is 22.3. The molecule has 13 heteroatoms. The smallest absolute Gasteiger partial charge is 0.383 e. The number of nitrogens with one attached hydrogen (secondary N) is 3. The molecule has 2 heterocycles. The van der Waals surface area contributed by atoms with Gasteiger partial charge in [-0.15, -0.1) is 11.3 Å². The summed E-state index contributed by atoms with van der Waals surface area (Å²) in [5.74, 6) is -1.24. The first-order valence-electron chi connectivity index (χ1n) is 12.9. The second-order valence-electron chi connectivity index (χ2n) is 9.95. The number of benzene rings is 1. The van der Waals surface area contributed by atoms with Gasteiger partial charge in [0.2, 0.25) is 5.91 Å². The number of halogens is 3. The third-order valence-corrected chi connectivity index (χ3v) is 8.33. The van der Waals surface area contributed by atoms with Crippen LogP contribution in [0.25, 0.3) is 0 Å². The fourth-order valence-electron chi connectivity index (χ4n) is 4.98. The molecule has 2 aliphatic rings. The van der Waals surface area contributed by atoms with Crippen LogP contribution < -0.4 is 16.0 Å². The highest BCUT2D eigenvalue weighted by Crippen LogP contribution is 2.39.